The Morgan fingerprint density at radius 2 is 1.60 bits per heavy atom. The van der Waals surface area contributed by atoms with Gasteiger partial charge in [0, 0.05) is 39.9 Å². The summed E-state index contributed by atoms with van der Waals surface area (Å²) in [6.07, 6.45) is 4.46. The summed E-state index contributed by atoms with van der Waals surface area (Å²) in [6, 6.07) is 26.6. The first-order chi connectivity index (χ1) is 19.1. The molecule has 0 aliphatic heterocycles. The van der Waals surface area contributed by atoms with Crippen LogP contribution in [0.2, 0.25) is 0 Å². The number of sulfone groups is 1. The Kier molecular flexibility index (Phi) is 7.65. The largest absolute Gasteiger partial charge is 0.618 e. The van der Waals surface area contributed by atoms with Gasteiger partial charge in [0.15, 0.2) is 16.0 Å². The highest BCUT2D eigenvalue weighted by atomic mass is 32.2. The fraction of sp³-hybridized carbons (Fsp3) is 0.161. The molecule has 9 heteroatoms. The second-order valence-corrected chi connectivity index (χ2v) is 13.2. The van der Waals surface area contributed by atoms with Crippen LogP contribution in [-0.2, 0) is 23.8 Å². The molecule has 0 aliphatic carbocycles. The Balaban J connectivity index is 1.66. The standard InChI is InChI=1S/C31H28N2O5S2/c1-31(2,40(4,35)36)25-19-24-10-6-16-32-29(24)28(20-25)23-9-5-8-22(18-23)27-11-7-17-33(34)30(27)21-12-14-26(15-13-21)39-38-37-3/h5-20H,1-4H3. The zero-order chi connectivity index (χ0) is 28.5. The highest BCUT2D eigenvalue weighted by molar-refractivity contribution is 7.94. The molecule has 0 fully saturated rings. The topological polar surface area (TPSA) is 92.4 Å². The van der Waals surface area contributed by atoms with Crippen LogP contribution in [0.15, 0.2) is 102 Å². The van der Waals surface area contributed by atoms with Crippen molar-refractivity contribution in [2.45, 2.75) is 23.5 Å². The minimum Gasteiger partial charge on any atom is -0.618 e. The van der Waals surface area contributed by atoms with E-state index in [1.165, 1.54) is 19.6 Å². The maximum Gasteiger partial charge on any atom is 0.231 e. The van der Waals surface area contributed by atoms with Crippen LogP contribution in [0.3, 0.4) is 0 Å². The lowest BCUT2D eigenvalue weighted by molar-refractivity contribution is -0.593. The van der Waals surface area contributed by atoms with E-state index in [9.17, 15) is 13.6 Å². The van der Waals surface area contributed by atoms with E-state index >= 15 is 0 Å². The van der Waals surface area contributed by atoms with E-state index in [2.05, 4.69) is 9.87 Å². The summed E-state index contributed by atoms with van der Waals surface area (Å²) in [5, 5.41) is 13.9. The number of benzene rings is 3. The van der Waals surface area contributed by atoms with E-state index in [1.54, 1.807) is 26.1 Å². The zero-order valence-electron chi connectivity index (χ0n) is 22.5. The maximum absolute atomic E-state index is 13.0. The lowest BCUT2D eigenvalue weighted by Crippen LogP contribution is -2.29. The first-order valence-electron chi connectivity index (χ1n) is 12.5. The summed E-state index contributed by atoms with van der Waals surface area (Å²) in [7, 11) is -1.96. The summed E-state index contributed by atoms with van der Waals surface area (Å²) in [4.78, 5) is 10.1. The molecular weight excluding hydrogens is 544 g/mol. The molecule has 2 heterocycles. The normalized spacial score (nSPS) is 12.1. The number of hydrogen-bond acceptors (Lipinski definition) is 7. The molecule has 0 bridgehead atoms. The van der Waals surface area contributed by atoms with Gasteiger partial charge >= 0.3 is 0 Å². The van der Waals surface area contributed by atoms with Crippen LogP contribution < -0.4 is 4.73 Å². The molecule has 0 N–H and O–H groups in total. The van der Waals surface area contributed by atoms with Crippen molar-refractivity contribution >= 4 is 32.8 Å². The molecule has 0 amide bonds. The number of aromatic nitrogens is 2. The van der Waals surface area contributed by atoms with Crippen LogP contribution in [0.1, 0.15) is 19.4 Å². The molecule has 0 atom stereocenters. The minimum absolute atomic E-state index is 0.513. The SMILES string of the molecule is COOSc1ccc(-c2c(-c3cccc(-c4cc(C(C)(C)S(C)(=O)=O)cc5cccnc45)c3)ccc[n+]2[O-])cc1. The Bertz CT molecular complexity index is 1800. The van der Waals surface area contributed by atoms with Gasteiger partial charge < -0.3 is 5.21 Å². The number of rotatable bonds is 8. The predicted molar refractivity (Wildman–Crippen MR) is 159 cm³/mol. The molecule has 7 nitrogen and oxygen atoms in total. The van der Waals surface area contributed by atoms with E-state index in [4.69, 9.17) is 4.33 Å². The van der Waals surface area contributed by atoms with Gasteiger partial charge in [-0.05, 0) is 85.1 Å². The number of fused-ring (bicyclic) bond motifs is 1. The summed E-state index contributed by atoms with van der Waals surface area (Å²) >= 11 is 1.08. The third-order valence-electron chi connectivity index (χ3n) is 7.10. The van der Waals surface area contributed by atoms with Crippen molar-refractivity contribution in [3.05, 3.63) is 108 Å². The highest BCUT2D eigenvalue weighted by Crippen LogP contribution is 2.38. The van der Waals surface area contributed by atoms with Gasteiger partial charge in [-0.3, -0.25) is 4.98 Å². The van der Waals surface area contributed by atoms with Crippen LogP contribution >= 0.6 is 12.0 Å². The molecule has 3 aromatic carbocycles. The third-order valence-corrected chi connectivity index (χ3v) is 9.86. The minimum atomic E-state index is -3.40. The lowest BCUT2D eigenvalue weighted by Gasteiger charge is -2.24. The highest BCUT2D eigenvalue weighted by Gasteiger charge is 2.33. The first-order valence-corrected chi connectivity index (χ1v) is 15.1. The molecule has 5 rings (SSSR count). The Labute approximate surface area is 238 Å². The van der Waals surface area contributed by atoms with Gasteiger partial charge in [0.05, 0.1) is 35.0 Å². The van der Waals surface area contributed by atoms with Gasteiger partial charge in [-0.25, -0.2) is 13.3 Å². The second-order valence-electron chi connectivity index (χ2n) is 9.90. The summed E-state index contributed by atoms with van der Waals surface area (Å²) in [5.41, 5.74) is 6.01. The Hall–Kier alpha value is -3.76. The average molecular weight is 573 g/mol. The van der Waals surface area contributed by atoms with Crippen molar-refractivity contribution in [1.82, 2.24) is 4.98 Å². The number of pyridine rings is 2. The van der Waals surface area contributed by atoms with E-state index in [-0.39, 0.29) is 0 Å². The number of hydrogen-bond donors (Lipinski definition) is 0. The van der Waals surface area contributed by atoms with Crippen LogP contribution in [0.25, 0.3) is 44.4 Å². The molecule has 5 aromatic rings. The maximum atomic E-state index is 13.0. The average Bonchev–Trinajstić information content (AvgIpc) is 2.95. The smallest absolute Gasteiger partial charge is 0.231 e. The molecule has 0 saturated heterocycles. The van der Waals surface area contributed by atoms with Crippen LogP contribution in [0.4, 0.5) is 0 Å². The van der Waals surface area contributed by atoms with Crippen molar-refractivity contribution < 1.29 is 22.4 Å². The monoisotopic (exact) mass is 572 g/mol. The summed E-state index contributed by atoms with van der Waals surface area (Å²) < 4.78 is 30.1. The van der Waals surface area contributed by atoms with Crippen molar-refractivity contribution in [3.8, 4) is 33.5 Å². The van der Waals surface area contributed by atoms with Gasteiger partial charge in [0.1, 0.15) is 0 Å². The molecule has 0 radical (unpaired) electrons. The first kappa shape index (κ1) is 27.8. The quantitative estimate of drug-likeness (QED) is 0.0669. The van der Waals surface area contributed by atoms with E-state index in [0.717, 1.165) is 60.4 Å². The van der Waals surface area contributed by atoms with Gasteiger partial charge in [-0.15, -0.1) is 0 Å². The predicted octanol–water partition coefficient (Wildman–Crippen LogP) is 6.73. The van der Waals surface area contributed by atoms with Crippen LogP contribution in [-0.4, -0.2) is 26.8 Å². The molecule has 0 spiro atoms. The fourth-order valence-corrected chi connectivity index (χ4v) is 5.52. The van der Waals surface area contributed by atoms with Crippen LogP contribution in [0.5, 0.6) is 0 Å². The van der Waals surface area contributed by atoms with Crippen molar-refractivity contribution in [2.24, 2.45) is 0 Å². The Morgan fingerprint density at radius 1 is 0.875 bits per heavy atom. The summed E-state index contributed by atoms with van der Waals surface area (Å²) in [6.45, 7) is 3.43. The van der Waals surface area contributed by atoms with E-state index in [1.807, 2.05) is 78.9 Å². The van der Waals surface area contributed by atoms with Crippen LogP contribution in [0, 0.1) is 5.21 Å². The van der Waals surface area contributed by atoms with Gasteiger partial charge in [0.2, 0.25) is 5.69 Å². The summed E-state index contributed by atoms with van der Waals surface area (Å²) in [5.74, 6) is 0. The molecule has 0 saturated carbocycles. The Morgan fingerprint density at radius 3 is 2.30 bits per heavy atom. The molecule has 2 aromatic heterocycles. The lowest BCUT2D eigenvalue weighted by atomic mass is 9.91. The molecule has 0 unspecified atom stereocenters. The van der Waals surface area contributed by atoms with Crippen molar-refractivity contribution in [2.75, 3.05) is 13.4 Å². The molecule has 40 heavy (non-hydrogen) atoms. The van der Waals surface area contributed by atoms with Gasteiger partial charge in [0.25, 0.3) is 0 Å². The fourth-order valence-electron chi connectivity index (χ4n) is 4.58. The second kappa shape index (κ2) is 11.0. The van der Waals surface area contributed by atoms with Crippen molar-refractivity contribution in [1.29, 1.82) is 0 Å². The molecular formula is C31H28N2O5S2. The van der Waals surface area contributed by atoms with Crippen molar-refractivity contribution in [3.63, 3.8) is 0 Å². The molecule has 204 valence electrons. The third kappa shape index (κ3) is 5.33. The van der Waals surface area contributed by atoms with E-state index < -0.39 is 14.6 Å². The zero-order valence-corrected chi connectivity index (χ0v) is 24.1. The van der Waals surface area contributed by atoms with Gasteiger partial charge in [-0.2, -0.15) is 9.06 Å². The van der Waals surface area contributed by atoms with E-state index in [0.29, 0.717) is 11.3 Å². The molecule has 0 aliphatic rings. The van der Waals surface area contributed by atoms with Gasteiger partial charge in [-0.1, -0.05) is 24.3 Å². The number of nitrogens with zero attached hydrogens (tertiary/aromatic N) is 2.